The van der Waals surface area contributed by atoms with Crippen LogP contribution in [0.5, 0.6) is 5.75 Å². The van der Waals surface area contributed by atoms with Crippen molar-refractivity contribution in [1.82, 2.24) is 9.80 Å². The zero-order chi connectivity index (χ0) is 17.2. The summed E-state index contributed by atoms with van der Waals surface area (Å²) in [7, 11) is 1.56. The predicted octanol–water partition coefficient (Wildman–Crippen LogP) is 1.62. The zero-order valence-corrected chi connectivity index (χ0v) is 14.1. The highest BCUT2D eigenvalue weighted by Crippen LogP contribution is 2.24. The van der Waals surface area contributed by atoms with Crippen molar-refractivity contribution in [3.8, 4) is 5.75 Å². The molecule has 6 nitrogen and oxygen atoms in total. The van der Waals surface area contributed by atoms with E-state index in [1.165, 1.54) is 10.5 Å². The SMILES string of the molecule is CN1CC(=O)N(CC(O)COc2ccc(C(C)(C)C)cc2)C1=O. The van der Waals surface area contributed by atoms with Crippen molar-refractivity contribution < 1.29 is 19.4 Å². The number of imide groups is 1. The summed E-state index contributed by atoms with van der Waals surface area (Å²) in [6, 6.07) is 7.30. The standard InChI is InChI=1S/C17H24N2O4/c1-17(2,3)12-5-7-14(8-6-12)23-11-13(20)9-19-15(21)10-18(4)16(19)22/h5-8,13,20H,9-11H2,1-4H3. The molecule has 0 spiro atoms. The summed E-state index contributed by atoms with van der Waals surface area (Å²) in [5.74, 6) is 0.347. The van der Waals surface area contributed by atoms with Crippen LogP contribution in [0.15, 0.2) is 24.3 Å². The lowest BCUT2D eigenvalue weighted by Gasteiger charge is -2.20. The number of carbonyl (C=O) groups is 2. The largest absolute Gasteiger partial charge is 0.491 e. The first kappa shape index (κ1) is 17.3. The third kappa shape index (κ3) is 4.22. The number of likely N-dealkylation sites (N-methyl/N-ethyl adjacent to an activating group) is 1. The number of carbonyl (C=O) groups excluding carboxylic acids is 2. The summed E-state index contributed by atoms with van der Waals surface area (Å²) in [4.78, 5) is 25.8. The van der Waals surface area contributed by atoms with Gasteiger partial charge in [-0.2, -0.15) is 0 Å². The molecule has 1 heterocycles. The summed E-state index contributed by atoms with van der Waals surface area (Å²) in [5.41, 5.74) is 1.27. The van der Waals surface area contributed by atoms with Crippen LogP contribution in [-0.2, 0) is 10.2 Å². The van der Waals surface area contributed by atoms with E-state index in [1.54, 1.807) is 7.05 Å². The summed E-state index contributed by atoms with van der Waals surface area (Å²) in [6.45, 7) is 6.42. The van der Waals surface area contributed by atoms with Crippen LogP contribution in [0.2, 0.25) is 0 Å². The van der Waals surface area contributed by atoms with Gasteiger partial charge in [0.25, 0.3) is 0 Å². The van der Waals surface area contributed by atoms with Gasteiger partial charge in [0.2, 0.25) is 5.91 Å². The molecule has 1 saturated heterocycles. The molecule has 1 unspecified atom stereocenters. The molecule has 6 heteroatoms. The normalized spacial score (nSPS) is 16.9. The highest BCUT2D eigenvalue weighted by atomic mass is 16.5. The Morgan fingerprint density at radius 3 is 2.30 bits per heavy atom. The molecule has 1 aromatic carbocycles. The number of hydrogen-bond donors (Lipinski definition) is 1. The molecule has 1 fully saturated rings. The summed E-state index contributed by atoms with van der Waals surface area (Å²) in [5, 5.41) is 9.99. The molecule has 2 rings (SSSR count). The van der Waals surface area contributed by atoms with E-state index in [1.807, 2.05) is 24.3 Å². The number of amides is 3. The molecule has 0 saturated carbocycles. The molecular weight excluding hydrogens is 296 g/mol. The average molecular weight is 320 g/mol. The van der Waals surface area contributed by atoms with E-state index in [9.17, 15) is 14.7 Å². The third-order valence-electron chi connectivity index (χ3n) is 3.79. The molecule has 3 amide bonds. The molecule has 0 aliphatic carbocycles. The van der Waals surface area contributed by atoms with Gasteiger partial charge in [-0.25, -0.2) is 4.79 Å². The highest BCUT2D eigenvalue weighted by Gasteiger charge is 2.34. The van der Waals surface area contributed by atoms with E-state index in [0.717, 1.165) is 4.90 Å². The number of benzene rings is 1. The van der Waals surface area contributed by atoms with E-state index in [0.29, 0.717) is 5.75 Å². The number of aliphatic hydroxyl groups is 1. The molecule has 0 radical (unpaired) electrons. The number of rotatable bonds is 5. The minimum atomic E-state index is -0.920. The summed E-state index contributed by atoms with van der Waals surface area (Å²) >= 11 is 0. The molecule has 1 aromatic rings. The maximum atomic E-state index is 11.7. The van der Waals surface area contributed by atoms with E-state index in [-0.39, 0.29) is 37.0 Å². The lowest BCUT2D eigenvalue weighted by Crippen LogP contribution is -2.40. The lowest BCUT2D eigenvalue weighted by atomic mass is 9.87. The van der Waals surface area contributed by atoms with Gasteiger partial charge in [-0.05, 0) is 23.1 Å². The van der Waals surface area contributed by atoms with E-state index in [2.05, 4.69) is 20.8 Å². The first-order valence-corrected chi connectivity index (χ1v) is 7.65. The molecule has 1 aliphatic heterocycles. The Balaban J connectivity index is 1.86. The van der Waals surface area contributed by atoms with Crippen LogP contribution < -0.4 is 4.74 Å². The molecule has 1 N–H and O–H groups in total. The van der Waals surface area contributed by atoms with Gasteiger partial charge >= 0.3 is 6.03 Å². The Labute approximate surface area is 136 Å². The number of hydrogen-bond acceptors (Lipinski definition) is 4. The number of urea groups is 1. The van der Waals surface area contributed by atoms with Crippen molar-refractivity contribution in [2.45, 2.75) is 32.3 Å². The van der Waals surface area contributed by atoms with Gasteiger partial charge in [-0.3, -0.25) is 9.69 Å². The van der Waals surface area contributed by atoms with Gasteiger partial charge in [0, 0.05) is 7.05 Å². The van der Waals surface area contributed by atoms with Crippen LogP contribution in [-0.4, -0.2) is 59.7 Å². The van der Waals surface area contributed by atoms with Crippen molar-refractivity contribution in [3.63, 3.8) is 0 Å². The van der Waals surface area contributed by atoms with Crippen LogP contribution in [0.1, 0.15) is 26.3 Å². The minimum absolute atomic E-state index is 0.0235. The van der Waals surface area contributed by atoms with Gasteiger partial charge in [0.1, 0.15) is 25.0 Å². The van der Waals surface area contributed by atoms with Crippen molar-refractivity contribution in [3.05, 3.63) is 29.8 Å². The molecule has 0 bridgehead atoms. The second-order valence-electron chi connectivity index (χ2n) is 6.88. The van der Waals surface area contributed by atoms with Crippen molar-refractivity contribution in [2.75, 3.05) is 26.7 Å². The van der Waals surface area contributed by atoms with Gasteiger partial charge in [0.05, 0.1) is 6.54 Å². The fourth-order valence-corrected chi connectivity index (χ4v) is 2.36. The second kappa shape index (κ2) is 6.58. The summed E-state index contributed by atoms with van der Waals surface area (Å²) < 4.78 is 5.53. The van der Waals surface area contributed by atoms with Crippen LogP contribution in [0.3, 0.4) is 0 Å². The second-order valence-corrected chi connectivity index (χ2v) is 6.88. The fourth-order valence-electron chi connectivity index (χ4n) is 2.36. The van der Waals surface area contributed by atoms with Gasteiger partial charge in [0.15, 0.2) is 0 Å². The van der Waals surface area contributed by atoms with Gasteiger partial charge in [-0.1, -0.05) is 32.9 Å². The molecule has 1 atom stereocenters. The van der Waals surface area contributed by atoms with Crippen molar-refractivity contribution in [2.24, 2.45) is 0 Å². The first-order valence-electron chi connectivity index (χ1n) is 7.65. The van der Waals surface area contributed by atoms with Crippen LogP contribution in [0, 0.1) is 0 Å². The Morgan fingerprint density at radius 1 is 1.22 bits per heavy atom. The summed E-state index contributed by atoms with van der Waals surface area (Å²) in [6.07, 6.45) is -0.920. The van der Waals surface area contributed by atoms with Crippen LogP contribution in [0.25, 0.3) is 0 Å². The molecule has 126 valence electrons. The Hall–Kier alpha value is -2.08. The maximum Gasteiger partial charge on any atom is 0.327 e. The molecule has 23 heavy (non-hydrogen) atoms. The average Bonchev–Trinajstić information content (AvgIpc) is 2.71. The number of β-amino-alcohol motifs (C(OH)–C–C–N with tert-alkyl or cyclic N) is 1. The van der Waals surface area contributed by atoms with Crippen LogP contribution in [0.4, 0.5) is 4.79 Å². The van der Waals surface area contributed by atoms with Crippen molar-refractivity contribution in [1.29, 1.82) is 0 Å². The smallest absolute Gasteiger partial charge is 0.327 e. The van der Waals surface area contributed by atoms with E-state index >= 15 is 0 Å². The first-order chi connectivity index (χ1) is 10.7. The number of aliphatic hydroxyl groups excluding tert-OH is 1. The maximum absolute atomic E-state index is 11.7. The Morgan fingerprint density at radius 2 is 1.83 bits per heavy atom. The van der Waals surface area contributed by atoms with Gasteiger partial charge in [-0.15, -0.1) is 0 Å². The van der Waals surface area contributed by atoms with E-state index in [4.69, 9.17) is 4.74 Å². The van der Waals surface area contributed by atoms with Crippen LogP contribution >= 0.6 is 0 Å². The molecule has 1 aliphatic rings. The monoisotopic (exact) mass is 320 g/mol. The zero-order valence-electron chi connectivity index (χ0n) is 14.1. The Bertz CT molecular complexity index is 577. The number of ether oxygens (including phenoxy) is 1. The number of nitrogens with zero attached hydrogens (tertiary/aromatic N) is 2. The van der Waals surface area contributed by atoms with Crippen molar-refractivity contribution >= 4 is 11.9 Å². The lowest BCUT2D eigenvalue weighted by molar-refractivity contribution is -0.126. The minimum Gasteiger partial charge on any atom is -0.491 e. The quantitative estimate of drug-likeness (QED) is 0.837. The molecule has 0 aromatic heterocycles. The van der Waals surface area contributed by atoms with E-state index < -0.39 is 6.10 Å². The topological polar surface area (TPSA) is 70.1 Å². The fraction of sp³-hybridized carbons (Fsp3) is 0.529. The third-order valence-corrected chi connectivity index (χ3v) is 3.79. The Kier molecular flexibility index (Phi) is 4.94. The van der Waals surface area contributed by atoms with Gasteiger partial charge < -0.3 is 14.7 Å². The predicted molar refractivity (Wildman–Crippen MR) is 86.4 cm³/mol. The highest BCUT2D eigenvalue weighted by molar-refractivity contribution is 6.01. The molecular formula is C17H24N2O4.